The van der Waals surface area contributed by atoms with Crippen molar-refractivity contribution in [3.05, 3.63) is 48.7 Å². The van der Waals surface area contributed by atoms with Gasteiger partial charge in [0.2, 0.25) is 0 Å². The van der Waals surface area contributed by atoms with Crippen molar-refractivity contribution >= 4 is 5.69 Å². The molecule has 0 unspecified atom stereocenters. The van der Waals surface area contributed by atoms with E-state index in [1.54, 1.807) is 18.3 Å². The lowest BCUT2D eigenvalue weighted by Gasteiger charge is -2.08. The van der Waals surface area contributed by atoms with Gasteiger partial charge in [-0.3, -0.25) is 4.98 Å². The van der Waals surface area contributed by atoms with Crippen LogP contribution in [0.4, 0.5) is 10.1 Å². The Morgan fingerprint density at radius 3 is 2.79 bits per heavy atom. The second-order valence-corrected chi connectivity index (χ2v) is 3.86. The average molecular weight is 256 g/mol. The van der Waals surface area contributed by atoms with Crippen LogP contribution in [0.15, 0.2) is 42.9 Å². The van der Waals surface area contributed by atoms with E-state index >= 15 is 0 Å². The highest BCUT2D eigenvalue weighted by atomic mass is 19.1. The van der Waals surface area contributed by atoms with Gasteiger partial charge in [0.1, 0.15) is 17.8 Å². The van der Waals surface area contributed by atoms with E-state index in [0.29, 0.717) is 16.9 Å². The quantitative estimate of drug-likeness (QED) is 0.701. The lowest BCUT2D eigenvalue weighted by atomic mass is 10.1. The van der Waals surface area contributed by atoms with Crippen LogP contribution in [0, 0.1) is 5.82 Å². The van der Waals surface area contributed by atoms with Gasteiger partial charge in [0, 0.05) is 17.4 Å². The molecule has 1 aromatic carbocycles. The van der Waals surface area contributed by atoms with Crippen LogP contribution in [0.1, 0.15) is 0 Å². The molecule has 7 heteroatoms. The van der Waals surface area contributed by atoms with Crippen LogP contribution in [-0.4, -0.2) is 25.2 Å². The molecule has 3 aromatic rings. The zero-order valence-electron chi connectivity index (χ0n) is 9.73. The van der Waals surface area contributed by atoms with E-state index in [-0.39, 0.29) is 5.69 Å². The molecule has 2 aromatic heterocycles. The predicted octanol–water partition coefficient (Wildman–Crippen LogP) is 1.45. The van der Waals surface area contributed by atoms with Crippen LogP contribution in [0.3, 0.4) is 0 Å². The maximum absolute atomic E-state index is 14.1. The number of benzene rings is 1. The van der Waals surface area contributed by atoms with Crippen molar-refractivity contribution in [1.29, 1.82) is 0 Å². The number of nitrogens with two attached hydrogens (primary N) is 1. The Morgan fingerprint density at radius 1 is 1.21 bits per heavy atom. The van der Waals surface area contributed by atoms with Crippen molar-refractivity contribution in [2.75, 3.05) is 5.73 Å². The van der Waals surface area contributed by atoms with Gasteiger partial charge in [-0.05, 0) is 34.7 Å². The first-order chi connectivity index (χ1) is 9.25. The molecule has 0 amide bonds. The van der Waals surface area contributed by atoms with Gasteiger partial charge in [0.05, 0.1) is 5.69 Å². The molecular weight excluding hydrogens is 247 g/mol. The van der Waals surface area contributed by atoms with Crippen molar-refractivity contribution in [2.24, 2.45) is 0 Å². The standard InChI is InChI=1S/C12H9FN6/c13-9-5-8(11-3-1-2-4-15-11)10(14)6-12(9)19-7-16-17-18-19/h1-7H,14H2. The number of hydrogen-bond acceptors (Lipinski definition) is 5. The van der Waals surface area contributed by atoms with Crippen LogP contribution >= 0.6 is 0 Å². The summed E-state index contributed by atoms with van der Waals surface area (Å²) in [7, 11) is 0. The van der Waals surface area contributed by atoms with Crippen LogP contribution < -0.4 is 5.73 Å². The Hall–Kier alpha value is -2.83. The van der Waals surface area contributed by atoms with E-state index in [0.717, 1.165) is 0 Å². The molecule has 0 aliphatic carbocycles. The highest BCUT2D eigenvalue weighted by Gasteiger charge is 2.12. The summed E-state index contributed by atoms with van der Waals surface area (Å²) in [6.07, 6.45) is 2.93. The first-order valence-electron chi connectivity index (χ1n) is 5.49. The zero-order chi connectivity index (χ0) is 13.2. The highest BCUT2D eigenvalue weighted by molar-refractivity contribution is 5.75. The van der Waals surface area contributed by atoms with E-state index in [1.165, 1.54) is 23.1 Å². The van der Waals surface area contributed by atoms with Crippen LogP contribution in [0.5, 0.6) is 0 Å². The molecule has 0 spiro atoms. The molecule has 19 heavy (non-hydrogen) atoms. The van der Waals surface area contributed by atoms with E-state index < -0.39 is 5.82 Å². The minimum absolute atomic E-state index is 0.196. The van der Waals surface area contributed by atoms with Crippen LogP contribution in [0.2, 0.25) is 0 Å². The third-order valence-electron chi connectivity index (χ3n) is 2.66. The van der Waals surface area contributed by atoms with Gasteiger partial charge < -0.3 is 5.73 Å². The molecule has 0 saturated carbocycles. The third kappa shape index (κ3) is 2.01. The summed E-state index contributed by atoms with van der Waals surface area (Å²) < 4.78 is 15.3. The molecule has 0 saturated heterocycles. The summed E-state index contributed by atoms with van der Waals surface area (Å²) in [6, 6.07) is 8.17. The van der Waals surface area contributed by atoms with Crippen molar-refractivity contribution in [3.8, 4) is 16.9 Å². The SMILES string of the molecule is Nc1cc(-n2cnnn2)c(F)cc1-c1ccccn1. The number of pyridine rings is 1. The summed E-state index contributed by atoms with van der Waals surface area (Å²) in [5.41, 5.74) is 7.69. The van der Waals surface area contributed by atoms with Gasteiger partial charge in [0.15, 0.2) is 0 Å². The van der Waals surface area contributed by atoms with E-state index in [4.69, 9.17) is 5.73 Å². The van der Waals surface area contributed by atoms with E-state index in [1.807, 2.05) is 6.07 Å². The number of nitrogens with zero attached hydrogens (tertiary/aromatic N) is 5. The van der Waals surface area contributed by atoms with Crippen LogP contribution in [0.25, 0.3) is 16.9 Å². The molecule has 0 fully saturated rings. The summed E-state index contributed by atoms with van der Waals surface area (Å²) >= 11 is 0. The first-order valence-corrected chi connectivity index (χ1v) is 5.49. The predicted molar refractivity (Wildman–Crippen MR) is 66.8 cm³/mol. The number of anilines is 1. The monoisotopic (exact) mass is 256 g/mol. The minimum Gasteiger partial charge on any atom is -0.398 e. The zero-order valence-corrected chi connectivity index (χ0v) is 9.73. The summed E-state index contributed by atoms with van der Waals surface area (Å²) in [6.45, 7) is 0. The lowest BCUT2D eigenvalue weighted by molar-refractivity contribution is 0.607. The van der Waals surface area contributed by atoms with Gasteiger partial charge in [0.25, 0.3) is 0 Å². The van der Waals surface area contributed by atoms with Gasteiger partial charge in [-0.1, -0.05) is 6.07 Å². The van der Waals surface area contributed by atoms with Crippen molar-refractivity contribution < 1.29 is 4.39 Å². The first kappa shape index (κ1) is 11.3. The van der Waals surface area contributed by atoms with Gasteiger partial charge in [-0.2, -0.15) is 4.68 Å². The van der Waals surface area contributed by atoms with Gasteiger partial charge in [-0.25, -0.2) is 4.39 Å². The van der Waals surface area contributed by atoms with Crippen LogP contribution in [-0.2, 0) is 0 Å². The molecule has 0 aliphatic heterocycles. The second kappa shape index (κ2) is 4.45. The number of hydrogen-bond donors (Lipinski definition) is 1. The van der Waals surface area contributed by atoms with Crippen molar-refractivity contribution in [2.45, 2.75) is 0 Å². The Kier molecular flexibility index (Phi) is 2.64. The van der Waals surface area contributed by atoms with Crippen molar-refractivity contribution in [1.82, 2.24) is 25.2 Å². The molecule has 0 bridgehead atoms. The summed E-state index contributed by atoms with van der Waals surface area (Å²) in [5, 5.41) is 10.6. The maximum atomic E-state index is 14.1. The van der Waals surface area contributed by atoms with Gasteiger partial charge >= 0.3 is 0 Å². The molecule has 94 valence electrons. The lowest BCUT2D eigenvalue weighted by Crippen LogP contribution is -2.02. The fraction of sp³-hybridized carbons (Fsp3) is 0. The maximum Gasteiger partial charge on any atom is 0.149 e. The summed E-state index contributed by atoms with van der Waals surface area (Å²) in [5.74, 6) is -0.470. The number of nitrogen functional groups attached to an aromatic ring is 1. The smallest absolute Gasteiger partial charge is 0.149 e. The molecule has 0 aliphatic rings. The largest absolute Gasteiger partial charge is 0.398 e. The highest BCUT2D eigenvalue weighted by Crippen LogP contribution is 2.28. The molecular formula is C12H9FN6. The topological polar surface area (TPSA) is 82.5 Å². The number of aromatic nitrogens is 5. The fourth-order valence-corrected chi connectivity index (χ4v) is 1.77. The second-order valence-electron chi connectivity index (χ2n) is 3.86. The Balaban J connectivity index is 2.14. The fourth-order valence-electron chi connectivity index (χ4n) is 1.77. The number of halogens is 1. The molecule has 0 radical (unpaired) electrons. The Morgan fingerprint density at radius 2 is 2.11 bits per heavy atom. The van der Waals surface area contributed by atoms with E-state index in [2.05, 4.69) is 20.5 Å². The van der Waals surface area contributed by atoms with Crippen molar-refractivity contribution in [3.63, 3.8) is 0 Å². The number of tetrazole rings is 1. The normalized spacial score (nSPS) is 10.6. The Bertz CT molecular complexity index is 696. The Labute approximate surface area is 107 Å². The van der Waals surface area contributed by atoms with E-state index in [9.17, 15) is 4.39 Å². The summed E-state index contributed by atoms with van der Waals surface area (Å²) in [4.78, 5) is 4.15. The third-order valence-corrected chi connectivity index (χ3v) is 2.66. The number of rotatable bonds is 2. The average Bonchev–Trinajstić information content (AvgIpc) is 2.96. The molecule has 0 atom stereocenters. The molecule has 6 nitrogen and oxygen atoms in total. The van der Waals surface area contributed by atoms with Gasteiger partial charge in [-0.15, -0.1) is 5.10 Å². The molecule has 2 heterocycles. The minimum atomic E-state index is -0.470. The molecule has 2 N–H and O–H groups in total. The molecule has 3 rings (SSSR count).